The monoisotopic (exact) mass is 461 g/mol. The number of benzene rings is 2. The number of thiophene rings is 1. The SMILES string of the molecule is C[C@@H](Sc1nnc(-c2sc3ccccc3c2Cl)o1)C(=O)N[C@H](C)c1ccc(F)cc1. The second-order valence-electron chi connectivity index (χ2n) is 6.66. The second-order valence-corrected chi connectivity index (χ2v) is 9.38. The Morgan fingerprint density at radius 3 is 2.63 bits per heavy atom. The predicted molar refractivity (Wildman–Crippen MR) is 118 cm³/mol. The number of hydrogen-bond donors (Lipinski definition) is 1. The van der Waals surface area contributed by atoms with E-state index in [4.69, 9.17) is 16.0 Å². The summed E-state index contributed by atoms with van der Waals surface area (Å²) in [5, 5.41) is 12.4. The zero-order valence-electron chi connectivity index (χ0n) is 16.1. The summed E-state index contributed by atoms with van der Waals surface area (Å²) in [5.74, 6) is -0.167. The molecule has 9 heteroatoms. The normalized spacial score (nSPS) is 13.3. The number of halogens is 2. The number of fused-ring (bicyclic) bond motifs is 1. The summed E-state index contributed by atoms with van der Waals surface area (Å²) in [6.45, 7) is 3.60. The Balaban J connectivity index is 1.43. The zero-order chi connectivity index (χ0) is 21.3. The van der Waals surface area contributed by atoms with E-state index in [-0.39, 0.29) is 23.0 Å². The summed E-state index contributed by atoms with van der Waals surface area (Å²) in [5.41, 5.74) is 0.821. The van der Waals surface area contributed by atoms with Crippen molar-refractivity contribution in [2.24, 2.45) is 0 Å². The van der Waals surface area contributed by atoms with Gasteiger partial charge in [-0.05, 0) is 37.6 Å². The summed E-state index contributed by atoms with van der Waals surface area (Å²) in [6, 6.07) is 13.6. The predicted octanol–water partition coefficient (Wildman–Crippen LogP) is 6.10. The Kier molecular flexibility index (Phi) is 6.08. The van der Waals surface area contributed by atoms with Gasteiger partial charge in [-0.15, -0.1) is 21.5 Å². The molecule has 5 nitrogen and oxygen atoms in total. The molecule has 2 aromatic heterocycles. The zero-order valence-corrected chi connectivity index (χ0v) is 18.4. The van der Waals surface area contributed by atoms with Crippen molar-refractivity contribution in [3.63, 3.8) is 0 Å². The molecule has 2 atom stereocenters. The van der Waals surface area contributed by atoms with Gasteiger partial charge >= 0.3 is 0 Å². The van der Waals surface area contributed by atoms with Gasteiger partial charge in [0, 0.05) is 10.1 Å². The quantitative estimate of drug-likeness (QED) is 0.351. The summed E-state index contributed by atoms with van der Waals surface area (Å²) < 4.78 is 19.9. The van der Waals surface area contributed by atoms with E-state index in [1.807, 2.05) is 31.2 Å². The first kappa shape index (κ1) is 20.8. The Hall–Kier alpha value is -2.42. The highest BCUT2D eigenvalue weighted by Crippen LogP contribution is 2.42. The maximum Gasteiger partial charge on any atom is 0.277 e. The molecule has 0 spiro atoms. The third-order valence-electron chi connectivity index (χ3n) is 4.51. The minimum absolute atomic E-state index is 0.184. The topological polar surface area (TPSA) is 68.0 Å². The van der Waals surface area contributed by atoms with Crippen LogP contribution in [0.4, 0.5) is 4.39 Å². The van der Waals surface area contributed by atoms with Crippen LogP contribution in [0.15, 0.2) is 58.2 Å². The van der Waals surface area contributed by atoms with Crippen molar-refractivity contribution in [1.82, 2.24) is 15.5 Å². The molecule has 0 aliphatic carbocycles. The molecule has 0 aliphatic heterocycles. The van der Waals surface area contributed by atoms with Crippen LogP contribution in [-0.2, 0) is 4.79 Å². The van der Waals surface area contributed by atoms with Crippen molar-refractivity contribution >= 4 is 50.7 Å². The number of nitrogens with one attached hydrogen (secondary N) is 1. The molecule has 0 fully saturated rings. The van der Waals surface area contributed by atoms with Gasteiger partial charge in [0.2, 0.25) is 5.91 Å². The summed E-state index contributed by atoms with van der Waals surface area (Å²) in [6.07, 6.45) is 0. The summed E-state index contributed by atoms with van der Waals surface area (Å²) in [4.78, 5) is 13.2. The third kappa shape index (κ3) is 4.35. The minimum atomic E-state index is -0.459. The van der Waals surface area contributed by atoms with E-state index in [9.17, 15) is 9.18 Å². The lowest BCUT2D eigenvalue weighted by Crippen LogP contribution is -2.33. The smallest absolute Gasteiger partial charge is 0.277 e. The molecule has 154 valence electrons. The van der Waals surface area contributed by atoms with Gasteiger partial charge in [-0.25, -0.2) is 4.39 Å². The Bertz CT molecular complexity index is 1190. The number of thioether (sulfide) groups is 1. The molecule has 0 saturated carbocycles. The molecule has 0 radical (unpaired) electrons. The van der Waals surface area contributed by atoms with Crippen LogP contribution in [0.5, 0.6) is 0 Å². The molecule has 0 bridgehead atoms. The van der Waals surface area contributed by atoms with Crippen LogP contribution >= 0.6 is 34.7 Å². The second kappa shape index (κ2) is 8.75. The fourth-order valence-corrected chi connectivity index (χ4v) is 5.00. The summed E-state index contributed by atoms with van der Waals surface area (Å²) in [7, 11) is 0. The fraction of sp³-hybridized carbons (Fsp3) is 0.190. The highest BCUT2D eigenvalue weighted by molar-refractivity contribution is 8.00. The molecule has 1 amide bonds. The Morgan fingerprint density at radius 1 is 1.17 bits per heavy atom. The Labute approximate surface area is 185 Å². The van der Waals surface area contributed by atoms with Crippen molar-refractivity contribution < 1.29 is 13.6 Å². The van der Waals surface area contributed by atoms with Gasteiger partial charge in [0.15, 0.2) is 0 Å². The lowest BCUT2D eigenvalue weighted by atomic mass is 10.1. The first-order valence-electron chi connectivity index (χ1n) is 9.16. The van der Waals surface area contributed by atoms with Crippen LogP contribution in [-0.4, -0.2) is 21.4 Å². The van der Waals surface area contributed by atoms with Crippen LogP contribution in [0.2, 0.25) is 5.02 Å². The molecule has 4 aromatic rings. The van der Waals surface area contributed by atoms with Crippen molar-refractivity contribution in [3.8, 4) is 10.8 Å². The molecular formula is C21H17ClFN3O2S2. The van der Waals surface area contributed by atoms with Crippen LogP contribution in [0, 0.1) is 5.82 Å². The fourth-order valence-electron chi connectivity index (χ4n) is 2.87. The first-order chi connectivity index (χ1) is 14.4. The largest absolute Gasteiger partial charge is 0.410 e. The van der Waals surface area contributed by atoms with Gasteiger partial charge in [0.25, 0.3) is 11.1 Å². The van der Waals surface area contributed by atoms with Crippen LogP contribution in [0.25, 0.3) is 20.9 Å². The minimum Gasteiger partial charge on any atom is -0.410 e. The van der Waals surface area contributed by atoms with Gasteiger partial charge in [0.05, 0.1) is 16.3 Å². The summed E-state index contributed by atoms with van der Waals surface area (Å²) >= 11 is 9.12. The molecule has 0 unspecified atom stereocenters. The van der Waals surface area contributed by atoms with E-state index >= 15 is 0 Å². The molecule has 2 aromatic carbocycles. The number of nitrogens with zero attached hydrogens (tertiary/aromatic N) is 2. The third-order valence-corrected chi connectivity index (χ3v) is 7.11. The van der Waals surface area contributed by atoms with E-state index < -0.39 is 5.25 Å². The maximum absolute atomic E-state index is 13.1. The van der Waals surface area contributed by atoms with E-state index in [0.29, 0.717) is 15.8 Å². The van der Waals surface area contributed by atoms with E-state index in [2.05, 4.69) is 15.5 Å². The number of hydrogen-bond acceptors (Lipinski definition) is 6. The van der Waals surface area contributed by atoms with Gasteiger partial charge in [-0.3, -0.25) is 4.79 Å². The lowest BCUT2D eigenvalue weighted by molar-refractivity contribution is -0.120. The average Bonchev–Trinajstić information content (AvgIpc) is 3.33. The van der Waals surface area contributed by atoms with Crippen LogP contribution < -0.4 is 5.32 Å². The molecule has 0 saturated heterocycles. The van der Waals surface area contributed by atoms with Crippen molar-refractivity contribution in [2.75, 3.05) is 0 Å². The number of carbonyl (C=O) groups excluding carboxylic acids is 1. The van der Waals surface area contributed by atoms with Crippen LogP contribution in [0.3, 0.4) is 0 Å². The van der Waals surface area contributed by atoms with Crippen molar-refractivity contribution in [2.45, 2.75) is 30.4 Å². The molecule has 2 heterocycles. The molecular weight excluding hydrogens is 445 g/mol. The number of carbonyl (C=O) groups is 1. The van der Waals surface area contributed by atoms with Gasteiger partial charge in [-0.2, -0.15) is 0 Å². The van der Waals surface area contributed by atoms with E-state index in [1.165, 1.54) is 35.2 Å². The number of amides is 1. The molecule has 30 heavy (non-hydrogen) atoms. The van der Waals surface area contributed by atoms with Crippen molar-refractivity contribution in [3.05, 3.63) is 64.9 Å². The maximum atomic E-state index is 13.1. The average molecular weight is 462 g/mol. The van der Waals surface area contributed by atoms with Gasteiger partial charge < -0.3 is 9.73 Å². The number of rotatable bonds is 6. The highest BCUT2D eigenvalue weighted by Gasteiger charge is 2.22. The highest BCUT2D eigenvalue weighted by atomic mass is 35.5. The van der Waals surface area contributed by atoms with E-state index in [1.54, 1.807) is 19.1 Å². The Morgan fingerprint density at radius 2 is 1.90 bits per heavy atom. The first-order valence-corrected chi connectivity index (χ1v) is 11.2. The lowest BCUT2D eigenvalue weighted by Gasteiger charge is -2.16. The standard InChI is InChI=1S/C21H17ClFN3O2S2/c1-11(13-7-9-14(23)10-8-13)24-19(27)12(2)29-21-26-25-20(28-21)18-17(22)15-5-3-4-6-16(15)30-18/h3-12H,1-2H3,(H,24,27)/t11-,12-/m1/s1. The van der Waals surface area contributed by atoms with E-state index in [0.717, 1.165) is 15.6 Å². The van der Waals surface area contributed by atoms with Crippen LogP contribution in [0.1, 0.15) is 25.5 Å². The van der Waals surface area contributed by atoms with Crippen molar-refractivity contribution in [1.29, 1.82) is 0 Å². The molecule has 1 N–H and O–H groups in total. The molecule has 4 rings (SSSR count). The molecule has 0 aliphatic rings. The van der Waals surface area contributed by atoms with Gasteiger partial charge in [-0.1, -0.05) is 53.7 Å². The number of aromatic nitrogens is 2. The van der Waals surface area contributed by atoms with Gasteiger partial charge in [0.1, 0.15) is 10.7 Å².